The Kier molecular flexibility index (Phi) is 6.06. The first-order valence-corrected chi connectivity index (χ1v) is 11.8. The van der Waals surface area contributed by atoms with E-state index in [1.165, 1.54) is 0 Å². The summed E-state index contributed by atoms with van der Waals surface area (Å²) in [7, 11) is -3.56. The van der Waals surface area contributed by atoms with Crippen molar-refractivity contribution < 1.29 is 13.2 Å². The summed E-state index contributed by atoms with van der Waals surface area (Å²) >= 11 is 0. The summed E-state index contributed by atoms with van der Waals surface area (Å²) in [5.74, 6) is 0. The van der Waals surface area contributed by atoms with Gasteiger partial charge in [0.15, 0.2) is 0 Å². The standard InChI is InChI=1S/C21H30N4O3S/c1-17-12-24(13-18(2)28-17)15-20-7-5-10-25(20)29(26,27)21-8-4-3-6-19(21)14-23-11-9-22-16-23/h3-4,6,8-9,11,16-18,20H,5,7,10,12-15H2,1-2H3. The number of ether oxygens (including phenoxy) is 1. The lowest BCUT2D eigenvalue weighted by atomic mass is 10.1. The van der Waals surface area contributed by atoms with Crippen LogP contribution in [0, 0.1) is 0 Å². The van der Waals surface area contributed by atoms with Crippen molar-refractivity contribution >= 4 is 10.0 Å². The summed E-state index contributed by atoms with van der Waals surface area (Å²) in [6.07, 6.45) is 7.44. The fraction of sp³-hybridized carbons (Fsp3) is 0.571. The van der Waals surface area contributed by atoms with Crippen LogP contribution in [0.15, 0.2) is 47.9 Å². The van der Waals surface area contributed by atoms with Crippen LogP contribution in [-0.4, -0.2) is 71.6 Å². The number of rotatable bonds is 6. The molecule has 8 heteroatoms. The van der Waals surface area contributed by atoms with Gasteiger partial charge in [0.05, 0.1) is 23.4 Å². The van der Waals surface area contributed by atoms with Gasteiger partial charge < -0.3 is 9.30 Å². The molecule has 2 aliphatic heterocycles. The Morgan fingerprint density at radius 1 is 1.17 bits per heavy atom. The van der Waals surface area contributed by atoms with Gasteiger partial charge in [-0.05, 0) is 38.3 Å². The first kappa shape index (κ1) is 20.5. The van der Waals surface area contributed by atoms with Crippen LogP contribution in [0.25, 0.3) is 0 Å². The van der Waals surface area contributed by atoms with E-state index in [-0.39, 0.29) is 18.2 Å². The fourth-order valence-electron chi connectivity index (χ4n) is 4.63. The molecule has 2 aromatic rings. The normalized spacial score (nSPS) is 26.8. The van der Waals surface area contributed by atoms with E-state index in [0.29, 0.717) is 18.0 Å². The number of nitrogens with zero attached hydrogens (tertiary/aromatic N) is 4. The van der Waals surface area contributed by atoms with Crippen molar-refractivity contribution in [3.8, 4) is 0 Å². The van der Waals surface area contributed by atoms with E-state index in [1.54, 1.807) is 29.0 Å². The third-order valence-electron chi connectivity index (χ3n) is 5.76. The summed E-state index contributed by atoms with van der Waals surface area (Å²) in [5.41, 5.74) is 0.796. The minimum atomic E-state index is -3.56. The second-order valence-corrected chi connectivity index (χ2v) is 10.1. The Morgan fingerprint density at radius 2 is 1.93 bits per heavy atom. The number of morpholine rings is 1. The van der Waals surface area contributed by atoms with E-state index >= 15 is 0 Å². The van der Waals surface area contributed by atoms with Crippen molar-refractivity contribution in [3.63, 3.8) is 0 Å². The maximum absolute atomic E-state index is 13.6. The molecule has 3 heterocycles. The van der Waals surface area contributed by atoms with Gasteiger partial charge in [-0.3, -0.25) is 4.90 Å². The lowest BCUT2D eigenvalue weighted by Gasteiger charge is -2.38. The van der Waals surface area contributed by atoms with Crippen molar-refractivity contribution in [2.75, 3.05) is 26.2 Å². The van der Waals surface area contributed by atoms with Crippen molar-refractivity contribution in [1.29, 1.82) is 0 Å². The molecule has 2 saturated heterocycles. The summed E-state index contributed by atoms with van der Waals surface area (Å²) in [6, 6.07) is 7.34. The first-order chi connectivity index (χ1) is 13.9. The average molecular weight is 419 g/mol. The van der Waals surface area contributed by atoms with E-state index in [1.807, 2.05) is 22.9 Å². The molecule has 3 unspecified atom stereocenters. The molecule has 29 heavy (non-hydrogen) atoms. The molecule has 2 aliphatic rings. The largest absolute Gasteiger partial charge is 0.373 e. The van der Waals surface area contributed by atoms with Crippen LogP contribution >= 0.6 is 0 Å². The van der Waals surface area contributed by atoms with E-state index in [0.717, 1.165) is 38.0 Å². The van der Waals surface area contributed by atoms with Gasteiger partial charge in [0.25, 0.3) is 0 Å². The number of aromatic nitrogens is 2. The Hall–Kier alpha value is -1.74. The predicted molar refractivity (Wildman–Crippen MR) is 111 cm³/mol. The molecule has 0 bridgehead atoms. The second kappa shape index (κ2) is 8.55. The number of hydrogen-bond donors (Lipinski definition) is 0. The molecule has 3 atom stereocenters. The lowest BCUT2D eigenvalue weighted by Crippen LogP contribution is -2.50. The van der Waals surface area contributed by atoms with Crippen molar-refractivity contribution in [1.82, 2.24) is 18.8 Å². The minimum absolute atomic E-state index is 0.0128. The molecule has 0 saturated carbocycles. The molecule has 1 aromatic heterocycles. The zero-order valence-corrected chi connectivity index (χ0v) is 18.0. The number of imidazole rings is 1. The lowest BCUT2D eigenvalue weighted by molar-refractivity contribution is -0.0707. The molecule has 2 fully saturated rings. The summed E-state index contributed by atoms with van der Waals surface area (Å²) in [4.78, 5) is 6.83. The highest BCUT2D eigenvalue weighted by molar-refractivity contribution is 7.89. The van der Waals surface area contributed by atoms with Gasteiger partial charge in [-0.1, -0.05) is 18.2 Å². The highest BCUT2D eigenvalue weighted by Crippen LogP contribution is 2.29. The zero-order chi connectivity index (χ0) is 20.4. The Labute approximate surface area is 173 Å². The van der Waals surface area contributed by atoms with Gasteiger partial charge in [0.2, 0.25) is 10.0 Å². The molecule has 7 nitrogen and oxygen atoms in total. The molecule has 158 valence electrons. The highest BCUT2D eigenvalue weighted by atomic mass is 32.2. The Morgan fingerprint density at radius 3 is 2.66 bits per heavy atom. The number of sulfonamides is 1. The van der Waals surface area contributed by atoms with Crippen LogP contribution in [0.2, 0.25) is 0 Å². The monoisotopic (exact) mass is 418 g/mol. The Balaban J connectivity index is 1.55. The van der Waals surface area contributed by atoms with Crippen LogP contribution in [0.5, 0.6) is 0 Å². The SMILES string of the molecule is CC1CN(CC2CCCN2S(=O)(=O)c2ccccc2Cn2ccnc2)CC(C)O1. The zero-order valence-electron chi connectivity index (χ0n) is 17.1. The summed E-state index contributed by atoms with van der Waals surface area (Å²) < 4.78 is 36.7. The Bertz CT molecular complexity index is 906. The molecule has 4 rings (SSSR count). The van der Waals surface area contributed by atoms with E-state index in [2.05, 4.69) is 23.7 Å². The molecule has 0 radical (unpaired) electrons. The molecular formula is C21H30N4O3S. The maximum Gasteiger partial charge on any atom is 0.243 e. The van der Waals surface area contributed by atoms with E-state index in [9.17, 15) is 8.42 Å². The smallest absolute Gasteiger partial charge is 0.243 e. The van der Waals surface area contributed by atoms with Crippen molar-refractivity contribution in [3.05, 3.63) is 48.5 Å². The third-order valence-corrected chi connectivity index (χ3v) is 7.81. The maximum atomic E-state index is 13.6. The predicted octanol–water partition coefficient (Wildman–Crippen LogP) is 2.19. The van der Waals surface area contributed by atoms with Gasteiger partial charge in [0.1, 0.15) is 0 Å². The first-order valence-electron chi connectivity index (χ1n) is 10.4. The van der Waals surface area contributed by atoms with Gasteiger partial charge >= 0.3 is 0 Å². The van der Waals surface area contributed by atoms with Gasteiger partial charge in [-0.2, -0.15) is 4.31 Å². The third kappa shape index (κ3) is 4.55. The second-order valence-electron chi connectivity index (χ2n) is 8.23. The van der Waals surface area contributed by atoms with Gasteiger partial charge in [0, 0.05) is 51.2 Å². The molecule has 0 spiro atoms. The number of benzene rings is 1. The quantitative estimate of drug-likeness (QED) is 0.719. The molecular weight excluding hydrogens is 388 g/mol. The highest BCUT2D eigenvalue weighted by Gasteiger charge is 2.38. The topological polar surface area (TPSA) is 67.7 Å². The fourth-order valence-corrected chi connectivity index (χ4v) is 6.53. The van der Waals surface area contributed by atoms with Crippen LogP contribution in [0.3, 0.4) is 0 Å². The molecule has 0 amide bonds. The van der Waals surface area contributed by atoms with E-state index in [4.69, 9.17) is 4.74 Å². The minimum Gasteiger partial charge on any atom is -0.373 e. The molecule has 1 aromatic carbocycles. The van der Waals surface area contributed by atoms with Gasteiger partial charge in [-0.15, -0.1) is 0 Å². The van der Waals surface area contributed by atoms with Crippen LogP contribution in [0.4, 0.5) is 0 Å². The molecule has 0 aliphatic carbocycles. The average Bonchev–Trinajstić information content (AvgIpc) is 3.33. The summed E-state index contributed by atoms with van der Waals surface area (Å²) in [5, 5.41) is 0. The van der Waals surface area contributed by atoms with Crippen LogP contribution in [0.1, 0.15) is 32.3 Å². The van der Waals surface area contributed by atoms with Crippen LogP contribution < -0.4 is 0 Å². The van der Waals surface area contributed by atoms with Crippen molar-refractivity contribution in [2.45, 2.75) is 56.4 Å². The van der Waals surface area contributed by atoms with Crippen molar-refractivity contribution in [2.24, 2.45) is 0 Å². The summed E-state index contributed by atoms with van der Waals surface area (Å²) in [6.45, 7) is 7.71. The number of hydrogen-bond acceptors (Lipinski definition) is 5. The molecule has 0 N–H and O–H groups in total. The van der Waals surface area contributed by atoms with Crippen LogP contribution in [-0.2, 0) is 21.3 Å². The van der Waals surface area contributed by atoms with Gasteiger partial charge in [-0.25, -0.2) is 13.4 Å². The van der Waals surface area contributed by atoms with E-state index < -0.39 is 10.0 Å².